The first-order chi connectivity index (χ1) is 7.67. The first-order valence-electron chi connectivity index (χ1n) is 5.95. The van der Waals surface area contributed by atoms with Crippen molar-refractivity contribution in [3.63, 3.8) is 0 Å². The average molecular weight is 285 g/mol. The number of halogens is 1. The van der Waals surface area contributed by atoms with E-state index >= 15 is 0 Å². The topological polar surface area (TPSA) is 9.23 Å². The summed E-state index contributed by atoms with van der Waals surface area (Å²) in [7, 11) is 0. The molecule has 1 atom stereocenters. The fourth-order valence-electron chi connectivity index (χ4n) is 1.44. The number of alkyl halides is 1. The van der Waals surface area contributed by atoms with E-state index in [-0.39, 0.29) is 0 Å². The highest BCUT2D eigenvalue weighted by Gasteiger charge is 2.12. The van der Waals surface area contributed by atoms with Crippen LogP contribution in [0.3, 0.4) is 0 Å². The Morgan fingerprint density at radius 1 is 1.19 bits per heavy atom. The van der Waals surface area contributed by atoms with Gasteiger partial charge >= 0.3 is 0 Å². The van der Waals surface area contributed by atoms with E-state index in [2.05, 4.69) is 61.0 Å². The second-order valence-electron chi connectivity index (χ2n) is 4.47. The zero-order valence-electron chi connectivity index (χ0n) is 10.4. The van der Waals surface area contributed by atoms with Gasteiger partial charge in [-0.3, -0.25) is 0 Å². The van der Waals surface area contributed by atoms with Gasteiger partial charge in [0.05, 0.1) is 6.61 Å². The molecule has 0 bridgehead atoms. The van der Waals surface area contributed by atoms with Crippen molar-refractivity contribution in [2.75, 3.05) is 11.9 Å². The second kappa shape index (κ2) is 6.95. The Morgan fingerprint density at radius 2 is 1.81 bits per heavy atom. The molecule has 1 nitrogen and oxygen atoms in total. The fraction of sp³-hybridized carbons (Fsp3) is 0.571. The Morgan fingerprint density at radius 3 is 2.25 bits per heavy atom. The summed E-state index contributed by atoms with van der Waals surface area (Å²) >= 11 is 3.53. The summed E-state index contributed by atoms with van der Waals surface area (Å²) < 4.78 is 5.79. The number of rotatable bonds is 6. The van der Waals surface area contributed by atoms with E-state index in [1.54, 1.807) is 0 Å². The van der Waals surface area contributed by atoms with Crippen molar-refractivity contribution in [1.29, 1.82) is 0 Å². The summed E-state index contributed by atoms with van der Waals surface area (Å²) in [6.45, 7) is 7.41. The molecule has 0 heterocycles. The van der Waals surface area contributed by atoms with Crippen molar-refractivity contribution in [3.8, 4) is 5.75 Å². The van der Waals surface area contributed by atoms with E-state index in [0.717, 1.165) is 24.1 Å². The van der Waals surface area contributed by atoms with Crippen LogP contribution in [0.25, 0.3) is 0 Å². The molecule has 16 heavy (non-hydrogen) atoms. The molecule has 0 aliphatic rings. The predicted molar refractivity (Wildman–Crippen MR) is 73.4 cm³/mol. The van der Waals surface area contributed by atoms with E-state index in [4.69, 9.17) is 4.74 Å². The van der Waals surface area contributed by atoms with Gasteiger partial charge in [0.15, 0.2) is 0 Å². The molecule has 2 heteroatoms. The lowest BCUT2D eigenvalue weighted by Gasteiger charge is -2.18. The van der Waals surface area contributed by atoms with Crippen LogP contribution >= 0.6 is 15.9 Å². The van der Waals surface area contributed by atoms with Gasteiger partial charge in [-0.15, -0.1) is 0 Å². The minimum absolute atomic E-state index is 0.575. The first kappa shape index (κ1) is 13.6. The van der Waals surface area contributed by atoms with E-state index in [1.807, 2.05) is 0 Å². The number of benzene rings is 1. The molecule has 0 aliphatic carbocycles. The Kier molecular flexibility index (Phi) is 5.89. The van der Waals surface area contributed by atoms with Crippen LogP contribution in [0, 0.1) is 11.8 Å². The van der Waals surface area contributed by atoms with E-state index in [9.17, 15) is 0 Å². The largest absolute Gasteiger partial charge is 0.493 e. The summed E-state index contributed by atoms with van der Waals surface area (Å²) in [6.07, 6.45) is 1.08. The van der Waals surface area contributed by atoms with Crippen LogP contribution in [0.4, 0.5) is 0 Å². The molecular formula is C14H21BrO. The lowest BCUT2D eigenvalue weighted by molar-refractivity contribution is 0.227. The maximum absolute atomic E-state index is 5.79. The van der Waals surface area contributed by atoms with Crippen LogP contribution in [0.5, 0.6) is 5.75 Å². The van der Waals surface area contributed by atoms with Crippen LogP contribution in [-0.4, -0.2) is 11.9 Å². The number of hydrogen-bond donors (Lipinski definition) is 0. The zero-order chi connectivity index (χ0) is 12.0. The number of hydrogen-bond acceptors (Lipinski definition) is 1. The normalized spacial score (nSPS) is 12.8. The Balaban J connectivity index is 2.47. The molecule has 0 radical (unpaired) electrons. The van der Waals surface area contributed by atoms with Gasteiger partial charge in [0, 0.05) is 11.2 Å². The molecule has 0 aromatic heterocycles. The van der Waals surface area contributed by atoms with Crippen LogP contribution in [0.1, 0.15) is 26.3 Å². The lowest BCUT2D eigenvalue weighted by Crippen LogP contribution is -2.19. The van der Waals surface area contributed by atoms with Crippen molar-refractivity contribution in [2.24, 2.45) is 11.8 Å². The van der Waals surface area contributed by atoms with Crippen molar-refractivity contribution >= 4 is 15.9 Å². The third-order valence-electron chi connectivity index (χ3n) is 2.94. The van der Waals surface area contributed by atoms with Gasteiger partial charge in [-0.25, -0.2) is 0 Å². The zero-order valence-corrected chi connectivity index (χ0v) is 12.0. The van der Waals surface area contributed by atoms with E-state index < -0.39 is 0 Å². The minimum atomic E-state index is 0.575. The molecule has 0 saturated heterocycles. The lowest BCUT2D eigenvalue weighted by atomic mass is 9.99. The molecule has 0 N–H and O–H groups in total. The quantitative estimate of drug-likeness (QED) is 0.708. The molecule has 1 rings (SSSR count). The van der Waals surface area contributed by atoms with Gasteiger partial charge in [0.1, 0.15) is 5.75 Å². The molecule has 0 amide bonds. The van der Waals surface area contributed by atoms with Gasteiger partial charge in [-0.2, -0.15) is 0 Å². The third-order valence-corrected chi connectivity index (χ3v) is 3.77. The Bertz CT molecular complexity index is 292. The second-order valence-corrected chi connectivity index (χ2v) is 5.11. The van der Waals surface area contributed by atoms with Crippen LogP contribution in [0.2, 0.25) is 0 Å². The smallest absolute Gasteiger partial charge is 0.119 e. The molecule has 0 spiro atoms. The van der Waals surface area contributed by atoms with Crippen molar-refractivity contribution < 1.29 is 4.74 Å². The van der Waals surface area contributed by atoms with Gasteiger partial charge in [-0.1, -0.05) is 48.8 Å². The van der Waals surface area contributed by atoms with Gasteiger partial charge in [0.2, 0.25) is 0 Å². The standard InChI is InChI=1S/C14H21BrO/c1-4-12-5-7-14(8-6-12)16-10-13(9-15)11(2)3/h5-8,11,13H,4,9-10H2,1-3H3. The number of ether oxygens (including phenoxy) is 1. The summed E-state index contributed by atoms with van der Waals surface area (Å²) in [5.41, 5.74) is 1.35. The number of aryl methyl sites for hydroxylation is 1. The minimum Gasteiger partial charge on any atom is -0.493 e. The predicted octanol–water partition coefficient (Wildman–Crippen LogP) is 4.29. The van der Waals surface area contributed by atoms with Crippen molar-refractivity contribution in [2.45, 2.75) is 27.2 Å². The summed E-state index contributed by atoms with van der Waals surface area (Å²) in [4.78, 5) is 0. The Hall–Kier alpha value is -0.500. The van der Waals surface area contributed by atoms with Crippen LogP contribution < -0.4 is 4.74 Å². The summed E-state index contributed by atoms with van der Waals surface area (Å²) in [6, 6.07) is 8.39. The molecular weight excluding hydrogens is 264 g/mol. The SMILES string of the molecule is CCc1ccc(OCC(CBr)C(C)C)cc1. The highest BCUT2D eigenvalue weighted by molar-refractivity contribution is 9.09. The molecule has 1 aromatic rings. The van der Waals surface area contributed by atoms with Crippen molar-refractivity contribution in [1.82, 2.24) is 0 Å². The maximum atomic E-state index is 5.79. The van der Waals surface area contributed by atoms with Gasteiger partial charge in [0.25, 0.3) is 0 Å². The van der Waals surface area contributed by atoms with E-state index in [0.29, 0.717) is 11.8 Å². The van der Waals surface area contributed by atoms with E-state index in [1.165, 1.54) is 5.56 Å². The first-order valence-corrected chi connectivity index (χ1v) is 7.07. The Labute approximate surface area is 107 Å². The van der Waals surface area contributed by atoms with Crippen LogP contribution in [0.15, 0.2) is 24.3 Å². The fourth-order valence-corrected chi connectivity index (χ4v) is 2.37. The molecule has 1 aromatic carbocycles. The molecule has 0 aliphatic heterocycles. The van der Waals surface area contributed by atoms with Gasteiger partial charge in [-0.05, 0) is 30.0 Å². The molecule has 0 saturated carbocycles. The third kappa shape index (κ3) is 4.17. The van der Waals surface area contributed by atoms with Gasteiger partial charge < -0.3 is 4.74 Å². The summed E-state index contributed by atoms with van der Waals surface area (Å²) in [5, 5.41) is 0.998. The molecule has 0 fully saturated rings. The summed E-state index contributed by atoms with van der Waals surface area (Å²) in [5.74, 6) is 2.20. The van der Waals surface area contributed by atoms with Crippen molar-refractivity contribution in [3.05, 3.63) is 29.8 Å². The monoisotopic (exact) mass is 284 g/mol. The molecule has 90 valence electrons. The van der Waals surface area contributed by atoms with Crippen LogP contribution in [-0.2, 0) is 6.42 Å². The molecule has 1 unspecified atom stereocenters. The highest BCUT2D eigenvalue weighted by Crippen LogP contribution is 2.18. The highest BCUT2D eigenvalue weighted by atomic mass is 79.9. The maximum Gasteiger partial charge on any atom is 0.119 e. The average Bonchev–Trinajstić information content (AvgIpc) is 2.30.